The van der Waals surface area contributed by atoms with Gasteiger partial charge in [-0.05, 0) is 29.7 Å². The molecular formula is C18H17N3O6S2Y. The Kier molecular flexibility index (Phi) is 11.0. The number of hydrogen-bond donors (Lipinski definition) is 3. The van der Waals surface area contributed by atoms with E-state index < -0.39 is 0 Å². The molecule has 0 atom stereocenters. The zero-order valence-electron chi connectivity index (χ0n) is 15.7. The molecule has 155 valence electrons. The molecule has 0 bridgehead atoms. The molecule has 0 spiro atoms. The average molecular weight is 524 g/mol. The first kappa shape index (κ1) is 25.0. The number of nitrogens with zero attached hydrogens (tertiary/aromatic N) is 2. The van der Waals surface area contributed by atoms with Crippen molar-refractivity contribution < 1.29 is 61.7 Å². The van der Waals surface area contributed by atoms with Crippen LogP contribution in [0.15, 0.2) is 69.7 Å². The van der Waals surface area contributed by atoms with Gasteiger partial charge in [0.2, 0.25) is 0 Å². The molecule has 3 N–H and O–H groups in total. The molecule has 12 heteroatoms. The Morgan fingerprint density at radius 3 is 2.60 bits per heavy atom. The van der Waals surface area contributed by atoms with Crippen LogP contribution < -0.4 is 5.32 Å². The quantitative estimate of drug-likeness (QED) is 0.0736. The maximum Gasteiger partial charge on any atom is 0.154 e. The van der Waals surface area contributed by atoms with E-state index in [0.717, 1.165) is 29.5 Å². The number of phenolic OH excluding ortho intramolecular Hbond substituents is 1. The van der Waals surface area contributed by atoms with Crippen molar-refractivity contribution in [2.45, 2.75) is 4.90 Å². The summed E-state index contributed by atoms with van der Waals surface area (Å²) in [7, 11) is 1.31. The van der Waals surface area contributed by atoms with Gasteiger partial charge in [-0.1, -0.05) is 35.4 Å². The monoisotopic (exact) mass is 524 g/mol. The van der Waals surface area contributed by atoms with Crippen LogP contribution in [0.3, 0.4) is 0 Å². The number of benzene rings is 3. The Labute approximate surface area is 206 Å². The molecule has 3 rings (SSSR count). The van der Waals surface area contributed by atoms with Crippen molar-refractivity contribution in [3.63, 3.8) is 0 Å². The van der Waals surface area contributed by atoms with Gasteiger partial charge in [0.1, 0.15) is 5.69 Å². The third-order valence-corrected chi connectivity index (χ3v) is 4.68. The summed E-state index contributed by atoms with van der Waals surface area (Å²) in [6.45, 7) is 0. The van der Waals surface area contributed by atoms with Crippen molar-refractivity contribution in [3.8, 4) is 5.75 Å². The van der Waals surface area contributed by atoms with Crippen molar-refractivity contribution in [1.29, 1.82) is 0 Å². The molecule has 0 amide bonds. The molecule has 0 aromatic heterocycles. The standard InChI is InChI=1S/C18H17N3O6S2.Y/c1-24-26-27-29-15-10-12-6-5-9-14(19-11-28-25-23)16(12)18(22)17(15)21-20-13-7-3-2-4-8-13;/h2-10,19,22-23H,11H2,1H3;. The summed E-state index contributed by atoms with van der Waals surface area (Å²) in [6.07, 6.45) is 0. The minimum atomic E-state index is -0.0938. The summed E-state index contributed by atoms with van der Waals surface area (Å²) in [6, 6.07) is 16.3. The van der Waals surface area contributed by atoms with Crippen LogP contribution in [-0.4, -0.2) is 23.4 Å². The Bertz CT molecular complexity index is 981. The second-order valence-electron chi connectivity index (χ2n) is 5.41. The van der Waals surface area contributed by atoms with Crippen molar-refractivity contribution in [3.05, 3.63) is 54.6 Å². The van der Waals surface area contributed by atoms with Gasteiger partial charge in [-0.3, -0.25) is 0 Å². The smallest absolute Gasteiger partial charge is 0.154 e. The Morgan fingerprint density at radius 1 is 1.07 bits per heavy atom. The molecule has 0 unspecified atom stereocenters. The number of fused-ring (bicyclic) bond motifs is 1. The third-order valence-electron chi connectivity index (χ3n) is 3.69. The molecule has 30 heavy (non-hydrogen) atoms. The van der Waals surface area contributed by atoms with E-state index in [-0.39, 0.29) is 50.0 Å². The van der Waals surface area contributed by atoms with Crippen molar-refractivity contribution in [2.24, 2.45) is 10.2 Å². The van der Waals surface area contributed by atoms with Gasteiger partial charge in [0.25, 0.3) is 0 Å². The summed E-state index contributed by atoms with van der Waals surface area (Å²) in [4.78, 5) is 4.89. The number of hydrogen-bond acceptors (Lipinski definition) is 11. The first-order valence-corrected chi connectivity index (χ1v) is 9.86. The Morgan fingerprint density at radius 2 is 1.87 bits per heavy atom. The van der Waals surface area contributed by atoms with E-state index in [1.165, 1.54) is 7.11 Å². The molecule has 0 aliphatic rings. The largest absolute Gasteiger partial charge is 0.505 e. The van der Waals surface area contributed by atoms with Gasteiger partial charge in [-0.15, -0.1) is 9.45 Å². The SMILES string of the molecule is COOOSc1cc2cccc(NCSOO)c2c(O)c1N=Nc1ccccc1.[Y]. The fourth-order valence-electron chi connectivity index (χ4n) is 2.52. The van der Waals surface area contributed by atoms with Crippen LogP contribution in [0.5, 0.6) is 5.75 Å². The Hall–Kier alpha value is -1.28. The molecule has 1 radical (unpaired) electrons. The van der Waals surface area contributed by atoms with Crippen LogP contribution in [0.2, 0.25) is 0 Å². The molecule has 9 nitrogen and oxygen atoms in total. The number of aromatic hydroxyl groups is 1. The minimum absolute atomic E-state index is 0. The zero-order valence-corrected chi connectivity index (χ0v) is 20.2. The van der Waals surface area contributed by atoms with Crippen LogP contribution in [0, 0.1) is 0 Å². The van der Waals surface area contributed by atoms with E-state index in [1.54, 1.807) is 24.3 Å². The minimum Gasteiger partial charge on any atom is -0.505 e. The molecule has 3 aromatic carbocycles. The van der Waals surface area contributed by atoms with Gasteiger partial charge >= 0.3 is 0 Å². The first-order chi connectivity index (χ1) is 14.2. The summed E-state index contributed by atoms with van der Waals surface area (Å²) >= 11 is 1.64. The van der Waals surface area contributed by atoms with Gasteiger partial charge < -0.3 is 10.4 Å². The van der Waals surface area contributed by atoms with E-state index >= 15 is 0 Å². The number of azo groups is 1. The Balaban J connectivity index is 0.00000320. The van der Waals surface area contributed by atoms with Crippen molar-refractivity contribution >= 4 is 51.9 Å². The van der Waals surface area contributed by atoms with Crippen LogP contribution in [0.1, 0.15) is 0 Å². The fraction of sp³-hybridized carbons (Fsp3) is 0.111. The molecule has 0 saturated heterocycles. The van der Waals surface area contributed by atoms with Crippen molar-refractivity contribution in [2.75, 3.05) is 18.3 Å². The first-order valence-electron chi connectivity index (χ1n) is 8.21. The van der Waals surface area contributed by atoms with Crippen LogP contribution in [0.4, 0.5) is 17.1 Å². The van der Waals surface area contributed by atoms with Crippen LogP contribution >= 0.6 is 24.1 Å². The van der Waals surface area contributed by atoms with E-state index in [0.29, 0.717) is 21.7 Å². The topological polar surface area (TPSA) is 114 Å². The molecule has 0 aliphatic heterocycles. The number of phenols is 1. The average Bonchev–Trinajstić information content (AvgIpc) is 2.74. The second kappa shape index (κ2) is 13.2. The van der Waals surface area contributed by atoms with E-state index in [1.807, 2.05) is 30.3 Å². The summed E-state index contributed by atoms with van der Waals surface area (Å²) in [5, 5.41) is 36.6. The van der Waals surface area contributed by atoms with Crippen LogP contribution in [0.25, 0.3) is 10.8 Å². The van der Waals surface area contributed by atoms with Crippen molar-refractivity contribution in [1.82, 2.24) is 0 Å². The molecule has 0 aliphatic carbocycles. The maximum atomic E-state index is 11.0. The second-order valence-corrected chi connectivity index (χ2v) is 6.83. The van der Waals surface area contributed by atoms with Crippen LogP contribution in [-0.2, 0) is 51.3 Å². The predicted octanol–water partition coefficient (Wildman–Crippen LogP) is 5.98. The normalized spacial score (nSPS) is 11.0. The zero-order chi connectivity index (χ0) is 20.5. The number of rotatable bonds is 10. The summed E-state index contributed by atoms with van der Waals surface area (Å²) < 4.78 is 8.90. The van der Waals surface area contributed by atoms with Gasteiger partial charge in [-0.25, -0.2) is 10.1 Å². The summed E-state index contributed by atoms with van der Waals surface area (Å²) in [5.41, 5.74) is 1.46. The van der Waals surface area contributed by atoms with Gasteiger partial charge in [0.15, 0.2) is 5.75 Å². The maximum absolute atomic E-state index is 11.0. The van der Waals surface area contributed by atoms with E-state index in [4.69, 9.17) is 9.59 Å². The summed E-state index contributed by atoms with van der Waals surface area (Å²) in [5.74, 6) is 0.167. The van der Waals surface area contributed by atoms with E-state index in [9.17, 15) is 5.11 Å². The van der Waals surface area contributed by atoms with E-state index in [2.05, 4.69) is 29.8 Å². The molecule has 0 heterocycles. The fourth-order valence-corrected chi connectivity index (χ4v) is 3.34. The number of nitrogens with one attached hydrogen (secondary N) is 1. The molecular weight excluding hydrogens is 507 g/mol. The van der Waals surface area contributed by atoms with Gasteiger partial charge in [-0.2, -0.15) is 9.45 Å². The molecule has 3 aromatic rings. The number of anilines is 1. The van der Waals surface area contributed by atoms with Gasteiger partial charge in [0, 0.05) is 43.8 Å². The third kappa shape index (κ3) is 6.61. The predicted molar refractivity (Wildman–Crippen MR) is 111 cm³/mol. The molecule has 0 saturated carbocycles. The van der Waals surface area contributed by atoms with Gasteiger partial charge in [0.05, 0.1) is 47.7 Å². The molecule has 0 fully saturated rings.